The van der Waals surface area contributed by atoms with Crippen molar-refractivity contribution in [2.75, 3.05) is 27.2 Å². The molecule has 3 aromatic carbocycles. The molecule has 4 amide bonds. The van der Waals surface area contributed by atoms with E-state index in [1.54, 1.807) is 13.8 Å². The Morgan fingerprint density at radius 1 is 0.833 bits per heavy atom. The smallest absolute Gasteiger partial charge is 0.410 e. The highest BCUT2D eigenvalue weighted by atomic mass is 16.6. The minimum absolute atomic E-state index is 0.0368. The zero-order chi connectivity index (χ0) is 39.1. The summed E-state index contributed by atoms with van der Waals surface area (Å²) in [6.45, 7) is 3.55. The van der Waals surface area contributed by atoms with Crippen molar-refractivity contribution in [2.24, 2.45) is 5.92 Å². The molecule has 13 heteroatoms. The lowest BCUT2D eigenvalue weighted by molar-refractivity contribution is -0.155. The number of piperidine rings is 1. The average molecular weight is 741 g/mol. The Bertz CT molecular complexity index is 1820. The molecular formula is C41H48N4O9. The van der Waals surface area contributed by atoms with Crippen LogP contribution >= 0.6 is 0 Å². The maximum atomic E-state index is 14.5. The number of amides is 4. The van der Waals surface area contributed by atoms with Gasteiger partial charge in [-0.15, -0.1) is 0 Å². The number of likely N-dealkylation sites (tertiary alicyclic amines) is 1. The Morgan fingerprint density at radius 2 is 1.43 bits per heavy atom. The zero-order valence-electron chi connectivity index (χ0n) is 31.0. The fourth-order valence-electron chi connectivity index (χ4n) is 7.63. The number of rotatable bonds is 14. The maximum Gasteiger partial charge on any atom is 0.410 e. The second-order valence-corrected chi connectivity index (χ2v) is 14.3. The number of carboxylic acid groups (broad SMARTS) is 2. The highest BCUT2D eigenvalue weighted by Crippen LogP contribution is 2.44. The highest BCUT2D eigenvalue weighted by Gasteiger charge is 2.41. The van der Waals surface area contributed by atoms with Crippen molar-refractivity contribution in [3.63, 3.8) is 0 Å². The summed E-state index contributed by atoms with van der Waals surface area (Å²) in [7, 11) is 2.90. The van der Waals surface area contributed by atoms with Crippen LogP contribution in [0.5, 0.6) is 0 Å². The lowest BCUT2D eigenvalue weighted by atomic mass is 9.97. The third-order valence-corrected chi connectivity index (χ3v) is 10.4. The summed E-state index contributed by atoms with van der Waals surface area (Å²) in [4.78, 5) is 83.1. The molecule has 0 unspecified atom stereocenters. The van der Waals surface area contributed by atoms with Gasteiger partial charge in [0, 0.05) is 33.0 Å². The highest BCUT2D eigenvalue weighted by molar-refractivity contribution is 5.96. The first-order valence-electron chi connectivity index (χ1n) is 18.2. The zero-order valence-corrected chi connectivity index (χ0v) is 31.0. The van der Waals surface area contributed by atoms with Crippen LogP contribution in [0.2, 0.25) is 0 Å². The topological polar surface area (TPSA) is 174 Å². The first-order chi connectivity index (χ1) is 25.8. The molecule has 2 aliphatic rings. The lowest BCUT2D eigenvalue weighted by Gasteiger charge is -2.37. The number of nitrogens with zero attached hydrogens (tertiary/aromatic N) is 3. The number of fused-ring (bicyclic) bond motifs is 3. The fourth-order valence-corrected chi connectivity index (χ4v) is 7.63. The van der Waals surface area contributed by atoms with E-state index in [1.807, 2.05) is 78.9 Å². The summed E-state index contributed by atoms with van der Waals surface area (Å²) in [6, 6.07) is 20.0. The van der Waals surface area contributed by atoms with Gasteiger partial charge in [-0.2, -0.15) is 0 Å². The number of carbonyl (C=O) groups is 6. The largest absolute Gasteiger partial charge is 0.481 e. The van der Waals surface area contributed by atoms with Crippen molar-refractivity contribution in [3.8, 4) is 11.1 Å². The molecule has 1 aliphatic heterocycles. The molecule has 1 fully saturated rings. The van der Waals surface area contributed by atoms with Crippen LogP contribution in [0, 0.1) is 5.92 Å². The lowest BCUT2D eigenvalue weighted by Crippen LogP contribution is -2.61. The molecule has 3 aromatic rings. The summed E-state index contributed by atoms with van der Waals surface area (Å²) in [5.41, 5.74) is 4.98. The molecule has 0 radical (unpaired) electrons. The SMILES string of the molecule is CC(C)[C@@H](C(=O)N[C@@H](CC(=O)O)C(=O)N1CCCC[C@H]1C(=O)O)N(C)C(=O)[C@H](Cc1ccccc1)N(C)C(=O)OCC1c2ccccc2-c2ccccc21. The van der Waals surface area contributed by atoms with Gasteiger partial charge in [-0.25, -0.2) is 9.59 Å². The molecule has 0 bridgehead atoms. The van der Waals surface area contributed by atoms with Gasteiger partial charge in [0.15, 0.2) is 0 Å². The summed E-state index contributed by atoms with van der Waals surface area (Å²) in [5.74, 6) is -5.47. The number of carboxylic acids is 2. The summed E-state index contributed by atoms with van der Waals surface area (Å²) >= 11 is 0. The molecule has 13 nitrogen and oxygen atoms in total. The molecule has 4 atom stereocenters. The average Bonchev–Trinajstić information content (AvgIpc) is 3.48. The van der Waals surface area contributed by atoms with Crippen LogP contribution in [0.15, 0.2) is 78.9 Å². The number of hydrogen-bond donors (Lipinski definition) is 3. The molecule has 0 saturated carbocycles. The van der Waals surface area contributed by atoms with Crippen molar-refractivity contribution in [3.05, 3.63) is 95.6 Å². The maximum absolute atomic E-state index is 14.5. The molecule has 1 saturated heterocycles. The van der Waals surface area contributed by atoms with E-state index in [2.05, 4.69) is 5.32 Å². The fraction of sp³-hybridized carbons (Fsp3) is 0.415. The number of carbonyl (C=O) groups excluding carboxylic acids is 4. The van der Waals surface area contributed by atoms with Gasteiger partial charge in [0.25, 0.3) is 0 Å². The number of hydrogen-bond acceptors (Lipinski definition) is 7. The number of likely N-dealkylation sites (N-methyl/N-ethyl adjacent to an activating group) is 2. The van der Waals surface area contributed by atoms with Crippen molar-refractivity contribution in [1.29, 1.82) is 0 Å². The molecule has 54 heavy (non-hydrogen) atoms. The second kappa shape index (κ2) is 17.4. The molecule has 1 aliphatic carbocycles. The van der Waals surface area contributed by atoms with Crippen LogP contribution in [-0.4, -0.2) is 112 Å². The van der Waals surface area contributed by atoms with Gasteiger partial charge in [0.1, 0.15) is 30.8 Å². The Hall–Kier alpha value is -5.72. The number of ether oxygens (including phenoxy) is 1. The molecular weight excluding hydrogens is 692 g/mol. The Kier molecular flexibility index (Phi) is 12.7. The Labute approximate surface area is 314 Å². The number of benzene rings is 3. The first-order valence-corrected chi connectivity index (χ1v) is 18.2. The van der Waals surface area contributed by atoms with Crippen molar-refractivity contribution in [2.45, 2.75) is 76.0 Å². The van der Waals surface area contributed by atoms with E-state index in [4.69, 9.17) is 4.74 Å². The van der Waals surface area contributed by atoms with Gasteiger partial charge in [0.2, 0.25) is 17.7 Å². The summed E-state index contributed by atoms with van der Waals surface area (Å²) < 4.78 is 5.90. The van der Waals surface area contributed by atoms with E-state index in [9.17, 15) is 39.0 Å². The van der Waals surface area contributed by atoms with Crippen LogP contribution < -0.4 is 5.32 Å². The standard InChI is InChI=1S/C41H48N4O9/c1-25(2)36(37(48)42-32(23-35(46)47)38(49)45-21-13-12-20-33(45)40(51)52)44(4)39(50)34(22-26-14-6-5-7-15-26)43(3)41(53)54-24-31-29-18-10-8-16-27(29)28-17-9-11-19-30(28)31/h5-11,14-19,25,31-34,36H,12-13,20-24H2,1-4H3,(H,42,48)(H,46,47)(H,51,52)/t32-,33-,34-,36-/m0/s1. The van der Waals surface area contributed by atoms with Crippen LogP contribution in [0.3, 0.4) is 0 Å². The second-order valence-electron chi connectivity index (χ2n) is 14.3. The normalized spacial score (nSPS) is 16.7. The summed E-state index contributed by atoms with van der Waals surface area (Å²) in [5, 5.41) is 21.9. The quantitative estimate of drug-likeness (QED) is 0.217. The third kappa shape index (κ3) is 8.73. The van der Waals surface area contributed by atoms with Gasteiger partial charge in [-0.1, -0.05) is 92.7 Å². The van der Waals surface area contributed by atoms with Crippen molar-refractivity contribution in [1.82, 2.24) is 20.0 Å². The van der Waals surface area contributed by atoms with Crippen LogP contribution in [0.4, 0.5) is 4.79 Å². The minimum Gasteiger partial charge on any atom is -0.481 e. The summed E-state index contributed by atoms with van der Waals surface area (Å²) in [6.07, 6.45) is -0.0738. The van der Waals surface area contributed by atoms with Crippen molar-refractivity contribution >= 4 is 35.8 Å². The first kappa shape index (κ1) is 39.5. The minimum atomic E-state index is -1.57. The molecule has 1 heterocycles. The molecule has 3 N–H and O–H groups in total. The van der Waals surface area contributed by atoms with E-state index in [1.165, 1.54) is 23.9 Å². The van der Waals surface area contributed by atoms with Gasteiger partial charge in [0.05, 0.1) is 6.42 Å². The predicted octanol–water partition coefficient (Wildman–Crippen LogP) is 4.39. The Morgan fingerprint density at radius 3 is 2.00 bits per heavy atom. The predicted molar refractivity (Wildman–Crippen MR) is 199 cm³/mol. The molecule has 286 valence electrons. The van der Waals surface area contributed by atoms with E-state index in [-0.39, 0.29) is 31.9 Å². The van der Waals surface area contributed by atoms with E-state index < -0.39 is 72.3 Å². The van der Waals surface area contributed by atoms with E-state index in [0.29, 0.717) is 12.8 Å². The van der Waals surface area contributed by atoms with Crippen LogP contribution in [-0.2, 0) is 35.1 Å². The molecule has 0 spiro atoms. The van der Waals surface area contributed by atoms with Crippen LogP contribution in [0.1, 0.15) is 62.1 Å². The van der Waals surface area contributed by atoms with Crippen molar-refractivity contribution < 1.29 is 43.7 Å². The van der Waals surface area contributed by atoms with Gasteiger partial charge in [-0.05, 0) is 53.0 Å². The van der Waals surface area contributed by atoms with Crippen LogP contribution in [0.25, 0.3) is 11.1 Å². The number of nitrogens with one attached hydrogen (secondary N) is 1. The number of aliphatic carboxylic acids is 2. The third-order valence-electron chi connectivity index (χ3n) is 10.4. The molecule has 0 aromatic heterocycles. The molecule has 5 rings (SSSR count). The van der Waals surface area contributed by atoms with E-state index in [0.717, 1.165) is 32.7 Å². The Balaban J connectivity index is 1.36. The van der Waals surface area contributed by atoms with Gasteiger partial charge >= 0.3 is 18.0 Å². The van der Waals surface area contributed by atoms with E-state index >= 15 is 0 Å². The van der Waals surface area contributed by atoms with Gasteiger partial charge < -0.3 is 30.1 Å². The monoisotopic (exact) mass is 740 g/mol. The van der Waals surface area contributed by atoms with Gasteiger partial charge in [-0.3, -0.25) is 24.1 Å².